The standard InChI is InChI=1S/C15H20N2O4/c1-3-17(7-8-21-4-2)15(20)13-9-12(10-16-11-13)5-6-14(18)19/h5-6,9-11H,3-4,7-8H2,1-2H3,(H,18,19). The van der Waals surface area contributed by atoms with Gasteiger partial charge in [-0.2, -0.15) is 0 Å². The van der Waals surface area contributed by atoms with E-state index >= 15 is 0 Å². The summed E-state index contributed by atoms with van der Waals surface area (Å²) in [6.45, 7) is 5.98. The molecule has 1 amide bonds. The van der Waals surface area contributed by atoms with Gasteiger partial charge < -0.3 is 14.7 Å². The van der Waals surface area contributed by atoms with Crippen LogP contribution in [0.3, 0.4) is 0 Å². The number of nitrogens with zero attached hydrogens (tertiary/aromatic N) is 2. The number of carboxylic acid groups (broad SMARTS) is 1. The van der Waals surface area contributed by atoms with Crippen LogP contribution in [-0.4, -0.2) is 53.2 Å². The van der Waals surface area contributed by atoms with Gasteiger partial charge in [0.15, 0.2) is 0 Å². The van der Waals surface area contributed by atoms with Crippen molar-refractivity contribution in [2.75, 3.05) is 26.3 Å². The van der Waals surface area contributed by atoms with E-state index in [4.69, 9.17) is 9.84 Å². The molecule has 0 aromatic carbocycles. The molecule has 1 rings (SSSR count). The van der Waals surface area contributed by atoms with Crippen LogP contribution in [-0.2, 0) is 9.53 Å². The minimum absolute atomic E-state index is 0.143. The van der Waals surface area contributed by atoms with Crippen molar-refractivity contribution in [2.24, 2.45) is 0 Å². The van der Waals surface area contributed by atoms with Crippen LogP contribution >= 0.6 is 0 Å². The second-order valence-electron chi connectivity index (χ2n) is 4.26. The van der Waals surface area contributed by atoms with Gasteiger partial charge in [-0.25, -0.2) is 4.79 Å². The molecule has 1 aromatic rings. The van der Waals surface area contributed by atoms with Crippen LogP contribution < -0.4 is 0 Å². The number of carbonyl (C=O) groups excluding carboxylic acids is 1. The molecule has 0 aliphatic heterocycles. The fourth-order valence-electron chi connectivity index (χ4n) is 1.74. The van der Waals surface area contributed by atoms with Gasteiger partial charge in [-0.1, -0.05) is 0 Å². The summed E-state index contributed by atoms with van der Waals surface area (Å²) < 4.78 is 5.25. The monoisotopic (exact) mass is 292 g/mol. The summed E-state index contributed by atoms with van der Waals surface area (Å²) in [6, 6.07) is 1.62. The Labute approximate surface area is 124 Å². The first-order chi connectivity index (χ1) is 10.1. The van der Waals surface area contributed by atoms with E-state index < -0.39 is 5.97 Å². The minimum Gasteiger partial charge on any atom is -0.478 e. The zero-order valence-electron chi connectivity index (χ0n) is 12.3. The first-order valence-corrected chi connectivity index (χ1v) is 6.81. The molecule has 6 nitrogen and oxygen atoms in total. The quantitative estimate of drug-likeness (QED) is 0.582. The highest BCUT2D eigenvalue weighted by Gasteiger charge is 2.14. The second kappa shape index (κ2) is 8.86. The number of likely N-dealkylation sites (N-methyl/N-ethyl adjacent to an activating group) is 1. The predicted molar refractivity (Wildman–Crippen MR) is 79.0 cm³/mol. The van der Waals surface area contributed by atoms with Gasteiger partial charge in [-0.05, 0) is 31.6 Å². The number of hydrogen-bond donors (Lipinski definition) is 1. The van der Waals surface area contributed by atoms with Crippen molar-refractivity contribution in [1.82, 2.24) is 9.88 Å². The van der Waals surface area contributed by atoms with Gasteiger partial charge in [0.05, 0.1) is 12.2 Å². The number of ether oxygens (including phenoxy) is 1. The Hall–Kier alpha value is -2.21. The third kappa shape index (κ3) is 5.74. The van der Waals surface area contributed by atoms with Crippen LogP contribution in [0.5, 0.6) is 0 Å². The Morgan fingerprint density at radius 1 is 1.38 bits per heavy atom. The van der Waals surface area contributed by atoms with Gasteiger partial charge in [-0.15, -0.1) is 0 Å². The van der Waals surface area contributed by atoms with Crippen LogP contribution in [0, 0.1) is 0 Å². The molecule has 0 atom stereocenters. The molecular weight excluding hydrogens is 272 g/mol. The van der Waals surface area contributed by atoms with Crippen molar-refractivity contribution in [2.45, 2.75) is 13.8 Å². The second-order valence-corrected chi connectivity index (χ2v) is 4.26. The fraction of sp³-hybridized carbons (Fsp3) is 0.400. The van der Waals surface area contributed by atoms with Crippen molar-refractivity contribution in [3.8, 4) is 0 Å². The molecule has 0 spiro atoms. The molecule has 114 valence electrons. The van der Waals surface area contributed by atoms with E-state index in [1.165, 1.54) is 18.5 Å². The summed E-state index contributed by atoms with van der Waals surface area (Å²) in [4.78, 5) is 28.5. The lowest BCUT2D eigenvalue weighted by Gasteiger charge is -2.20. The van der Waals surface area contributed by atoms with Crippen LogP contribution in [0.4, 0.5) is 0 Å². The summed E-state index contributed by atoms with van der Waals surface area (Å²) in [5.74, 6) is -1.19. The van der Waals surface area contributed by atoms with Crippen LogP contribution in [0.25, 0.3) is 6.08 Å². The third-order valence-corrected chi connectivity index (χ3v) is 2.80. The van der Waals surface area contributed by atoms with E-state index in [0.717, 1.165) is 6.08 Å². The summed E-state index contributed by atoms with van der Waals surface area (Å²) >= 11 is 0. The normalized spacial score (nSPS) is 10.8. The van der Waals surface area contributed by atoms with Crippen molar-refractivity contribution < 1.29 is 19.4 Å². The summed E-state index contributed by atoms with van der Waals surface area (Å²) in [7, 11) is 0. The topological polar surface area (TPSA) is 79.7 Å². The zero-order chi connectivity index (χ0) is 15.7. The number of hydrogen-bond acceptors (Lipinski definition) is 4. The van der Waals surface area contributed by atoms with E-state index in [-0.39, 0.29) is 5.91 Å². The number of aromatic nitrogens is 1. The van der Waals surface area contributed by atoms with Gasteiger partial charge >= 0.3 is 5.97 Å². The van der Waals surface area contributed by atoms with Gasteiger partial charge in [-0.3, -0.25) is 9.78 Å². The average Bonchev–Trinajstić information content (AvgIpc) is 2.49. The van der Waals surface area contributed by atoms with E-state index in [9.17, 15) is 9.59 Å². The molecule has 6 heteroatoms. The smallest absolute Gasteiger partial charge is 0.328 e. The average molecular weight is 292 g/mol. The Balaban J connectivity index is 2.80. The van der Waals surface area contributed by atoms with Gasteiger partial charge in [0.2, 0.25) is 0 Å². The zero-order valence-corrected chi connectivity index (χ0v) is 12.3. The molecule has 0 fully saturated rings. The SMILES string of the molecule is CCOCCN(CC)C(=O)c1cncc(C=CC(=O)O)c1. The fourth-order valence-corrected chi connectivity index (χ4v) is 1.74. The Morgan fingerprint density at radius 2 is 2.14 bits per heavy atom. The van der Waals surface area contributed by atoms with E-state index in [1.807, 2.05) is 13.8 Å². The van der Waals surface area contributed by atoms with Crippen molar-refractivity contribution in [3.63, 3.8) is 0 Å². The molecular formula is C15H20N2O4. The first-order valence-electron chi connectivity index (χ1n) is 6.81. The molecule has 0 unspecified atom stereocenters. The third-order valence-electron chi connectivity index (χ3n) is 2.80. The largest absolute Gasteiger partial charge is 0.478 e. The maximum atomic E-state index is 12.4. The number of amides is 1. The lowest BCUT2D eigenvalue weighted by Crippen LogP contribution is -2.34. The molecule has 0 bridgehead atoms. The molecule has 1 N–H and O–H groups in total. The van der Waals surface area contributed by atoms with Gasteiger partial charge in [0.1, 0.15) is 0 Å². The van der Waals surface area contributed by atoms with Crippen molar-refractivity contribution in [1.29, 1.82) is 0 Å². The van der Waals surface area contributed by atoms with E-state index in [0.29, 0.717) is 37.4 Å². The Morgan fingerprint density at radius 3 is 2.76 bits per heavy atom. The Kier molecular flexibility index (Phi) is 7.11. The summed E-state index contributed by atoms with van der Waals surface area (Å²) in [5.41, 5.74) is 1.00. The molecule has 0 saturated heterocycles. The summed E-state index contributed by atoms with van der Waals surface area (Å²) in [5, 5.41) is 8.60. The number of carbonyl (C=O) groups is 2. The summed E-state index contributed by atoms with van der Waals surface area (Å²) in [6.07, 6.45) is 5.40. The molecule has 21 heavy (non-hydrogen) atoms. The molecule has 0 saturated carbocycles. The molecule has 1 heterocycles. The lowest BCUT2D eigenvalue weighted by molar-refractivity contribution is -0.131. The van der Waals surface area contributed by atoms with E-state index in [1.54, 1.807) is 11.0 Å². The highest BCUT2D eigenvalue weighted by atomic mass is 16.5. The van der Waals surface area contributed by atoms with Crippen LogP contribution in [0.2, 0.25) is 0 Å². The van der Waals surface area contributed by atoms with E-state index in [2.05, 4.69) is 4.98 Å². The van der Waals surface area contributed by atoms with Gasteiger partial charge in [0.25, 0.3) is 5.91 Å². The highest BCUT2D eigenvalue weighted by molar-refractivity contribution is 5.94. The molecule has 0 aliphatic carbocycles. The number of rotatable bonds is 8. The Bertz CT molecular complexity index is 514. The maximum Gasteiger partial charge on any atom is 0.328 e. The molecule has 0 aliphatic rings. The molecule has 0 radical (unpaired) electrons. The van der Waals surface area contributed by atoms with Crippen molar-refractivity contribution in [3.05, 3.63) is 35.7 Å². The number of aliphatic carboxylic acids is 1. The van der Waals surface area contributed by atoms with Crippen LogP contribution in [0.1, 0.15) is 29.8 Å². The van der Waals surface area contributed by atoms with Crippen molar-refractivity contribution >= 4 is 18.0 Å². The highest BCUT2D eigenvalue weighted by Crippen LogP contribution is 2.08. The number of pyridine rings is 1. The predicted octanol–water partition coefficient (Wildman–Crippen LogP) is 1.68. The first kappa shape index (κ1) is 16.8. The van der Waals surface area contributed by atoms with Crippen LogP contribution in [0.15, 0.2) is 24.5 Å². The van der Waals surface area contributed by atoms with Gasteiger partial charge in [0, 0.05) is 38.2 Å². The maximum absolute atomic E-state index is 12.4. The minimum atomic E-state index is -1.04. The number of carboxylic acids is 1. The molecule has 1 aromatic heterocycles. The lowest BCUT2D eigenvalue weighted by atomic mass is 10.1.